The molecule has 0 unspecified atom stereocenters. The summed E-state index contributed by atoms with van der Waals surface area (Å²) in [6.07, 6.45) is 1.84. The van der Waals surface area contributed by atoms with Crippen molar-refractivity contribution in [3.8, 4) is 0 Å². The molecule has 1 saturated heterocycles. The number of imidazole rings is 1. The van der Waals surface area contributed by atoms with Gasteiger partial charge in [-0.25, -0.2) is 4.98 Å². The second kappa shape index (κ2) is 4.44. The van der Waals surface area contributed by atoms with Gasteiger partial charge in [-0.3, -0.25) is 4.79 Å². The number of amides is 1. The molecule has 0 N–H and O–H groups in total. The molecule has 3 aromatic rings. The number of likely N-dealkylation sites (tertiary alicyclic amines) is 1. The lowest BCUT2D eigenvalue weighted by molar-refractivity contribution is 0.0515. The molecule has 6 heteroatoms. The van der Waals surface area contributed by atoms with Gasteiger partial charge in [0.1, 0.15) is 5.76 Å². The molecule has 2 aromatic heterocycles. The Kier molecular flexibility index (Phi) is 2.57. The molecular formula is C15H14N4O2. The lowest BCUT2D eigenvalue weighted by atomic mass is 10.1. The van der Waals surface area contributed by atoms with E-state index in [-0.39, 0.29) is 11.9 Å². The third-order valence-electron chi connectivity index (χ3n) is 3.87. The molecule has 1 aromatic carbocycles. The van der Waals surface area contributed by atoms with Gasteiger partial charge in [-0.2, -0.15) is 0 Å². The summed E-state index contributed by atoms with van der Waals surface area (Å²) in [4.78, 5) is 18.4. The molecular weight excluding hydrogens is 268 g/mol. The topological polar surface area (TPSA) is 64.2 Å². The van der Waals surface area contributed by atoms with Crippen molar-refractivity contribution in [2.75, 3.05) is 13.1 Å². The lowest BCUT2D eigenvalue weighted by Gasteiger charge is -2.39. The van der Waals surface area contributed by atoms with Gasteiger partial charge in [0.05, 0.1) is 23.4 Å². The highest BCUT2D eigenvalue weighted by atomic mass is 16.5. The maximum atomic E-state index is 12.2. The molecule has 0 aliphatic carbocycles. The molecule has 0 radical (unpaired) electrons. The number of benzene rings is 1. The average Bonchev–Trinajstić information content (AvgIpc) is 3.04. The molecule has 1 aliphatic rings. The van der Waals surface area contributed by atoms with E-state index in [1.165, 1.54) is 0 Å². The Balaban J connectivity index is 1.51. The van der Waals surface area contributed by atoms with Crippen LogP contribution in [0.4, 0.5) is 0 Å². The quantitative estimate of drug-likeness (QED) is 0.721. The number of nitrogens with zero attached hydrogens (tertiary/aromatic N) is 4. The van der Waals surface area contributed by atoms with Crippen LogP contribution in [0.1, 0.15) is 22.3 Å². The molecule has 1 aliphatic heterocycles. The predicted octanol–water partition coefficient (Wildman–Crippen LogP) is 2.03. The number of aromatic nitrogens is 3. The van der Waals surface area contributed by atoms with Crippen molar-refractivity contribution in [1.29, 1.82) is 0 Å². The van der Waals surface area contributed by atoms with E-state index >= 15 is 0 Å². The molecule has 1 amide bonds. The van der Waals surface area contributed by atoms with Crippen molar-refractivity contribution < 1.29 is 9.32 Å². The Labute approximate surface area is 121 Å². The predicted molar refractivity (Wildman–Crippen MR) is 75.9 cm³/mol. The Morgan fingerprint density at radius 2 is 2.14 bits per heavy atom. The summed E-state index contributed by atoms with van der Waals surface area (Å²) in [5, 5.41) is 3.77. The number of carbonyl (C=O) groups excluding carboxylic acids is 1. The average molecular weight is 282 g/mol. The van der Waals surface area contributed by atoms with Crippen molar-refractivity contribution in [3.05, 3.63) is 48.1 Å². The third kappa shape index (κ3) is 1.91. The summed E-state index contributed by atoms with van der Waals surface area (Å²) in [6, 6.07) is 9.96. The van der Waals surface area contributed by atoms with Crippen LogP contribution in [0.3, 0.4) is 0 Å². The Hall–Kier alpha value is -2.63. The molecule has 21 heavy (non-hydrogen) atoms. The fourth-order valence-corrected chi connectivity index (χ4v) is 2.70. The number of carbonyl (C=O) groups is 1. The van der Waals surface area contributed by atoms with E-state index in [2.05, 4.69) is 14.7 Å². The first kappa shape index (κ1) is 12.1. The number of rotatable bonds is 2. The van der Waals surface area contributed by atoms with Crippen LogP contribution < -0.4 is 0 Å². The fourth-order valence-electron chi connectivity index (χ4n) is 2.70. The van der Waals surface area contributed by atoms with Crippen molar-refractivity contribution in [2.24, 2.45) is 0 Å². The molecule has 4 rings (SSSR count). The van der Waals surface area contributed by atoms with Gasteiger partial charge in [-0.1, -0.05) is 17.3 Å². The van der Waals surface area contributed by atoms with Crippen LogP contribution in [0.2, 0.25) is 0 Å². The van der Waals surface area contributed by atoms with Crippen LogP contribution in [0.5, 0.6) is 0 Å². The highest BCUT2D eigenvalue weighted by Gasteiger charge is 2.34. The van der Waals surface area contributed by atoms with Crippen LogP contribution in [-0.2, 0) is 0 Å². The van der Waals surface area contributed by atoms with E-state index in [9.17, 15) is 4.79 Å². The van der Waals surface area contributed by atoms with Gasteiger partial charge in [0.15, 0.2) is 5.69 Å². The molecule has 106 valence electrons. The van der Waals surface area contributed by atoms with Gasteiger partial charge in [0.25, 0.3) is 5.91 Å². The molecule has 3 heterocycles. The number of hydrogen-bond donors (Lipinski definition) is 0. The standard InChI is InChI=1S/C15H14N4O2/c1-10-6-13(17-21-10)15(20)18-7-11(8-18)19-9-16-12-4-2-3-5-14(12)19/h2-6,9,11H,7-8H2,1H3. The molecule has 0 saturated carbocycles. The van der Waals surface area contributed by atoms with Crippen LogP contribution in [-0.4, -0.2) is 38.6 Å². The SMILES string of the molecule is Cc1cc(C(=O)N2CC(n3cnc4ccccc43)C2)no1. The summed E-state index contributed by atoms with van der Waals surface area (Å²) < 4.78 is 7.08. The molecule has 1 fully saturated rings. The maximum absolute atomic E-state index is 12.2. The Morgan fingerprint density at radius 1 is 1.33 bits per heavy atom. The van der Waals surface area contributed by atoms with Crippen molar-refractivity contribution in [2.45, 2.75) is 13.0 Å². The van der Waals surface area contributed by atoms with Crippen LogP contribution in [0.15, 0.2) is 41.2 Å². The fraction of sp³-hybridized carbons (Fsp3) is 0.267. The maximum Gasteiger partial charge on any atom is 0.276 e. The van der Waals surface area contributed by atoms with E-state index in [1.54, 1.807) is 17.9 Å². The monoisotopic (exact) mass is 282 g/mol. The summed E-state index contributed by atoms with van der Waals surface area (Å²) in [6.45, 7) is 3.12. The van der Waals surface area contributed by atoms with Gasteiger partial charge in [0, 0.05) is 19.2 Å². The summed E-state index contributed by atoms with van der Waals surface area (Å²) in [5.74, 6) is 0.573. The second-order valence-electron chi connectivity index (χ2n) is 5.33. The van der Waals surface area contributed by atoms with Gasteiger partial charge >= 0.3 is 0 Å². The van der Waals surface area contributed by atoms with Gasteiger partial charge < -0.3 is 14.0 Å². The minimum Gasteiger partial charge on any atom is -0.361 e. The minimum absolute atomic E-state index is 0.0764. The number of hydrogen-bond acceptors (Lipinski definition) is 4. The van der Waals surface area contributed by atoms with Crippen LogP contribution in [0, 0.1) is 6.92 Å². The zero-order valence-corrected chi connectivity index (χ0v) is 11.6. The van der Waals surface area contributed by atoms with E-state index in [0.29, 0.717) is 24.5 Å². The molecule has 0 atom stereocenters. The first-order chi connectivity index (χ1) is 10.2. The first-order valence-corrected chi connectivity index (χ1v) is 6.86. The lowest BCUT2D eigenvalue weighted by Crippen LogP contribution is -2.50. The van der Waals surface area contributed by atoms with Crippen molar-refractivity contribution >= 4 is 16.9 Å². The minimum atomic E-state index is -0.0764. The third-order valence-corrected chi connectivity index (χ3v) is 3.87. The Morgan fingerprint density at radius 3 is 2.90 bits per heavy atom. The summed E-state index contributed by atoms with van der Waals surface area (Å²) >= 11 is 0. The number of para-hydroxylation sites is 2. The second-order valence-corrected chi connectivity index (χ2v) is 5.33. The van der Waals surface area contributed by atoms with Crippen molar-refractivity contribution in [1.82, 2.24) is 19.6 Å². The van der Waals surface area contributed by atoms with Gasteiger partial charge in [-0.15, -0.1) is 0 Å². The summed E-state index contributed by atoms with van der Waals surface area (Å²) in [7, 11) is 0. The largest absolute Gasteiger partial charge is 0.361 e. The molecule has 0 spiro atoms. The highest BCUT2D eigenvalue weighted by Crippen LogP contribution is 2.26. The number of aryl methyl sites for hydroxylation is 1. The molecule has 0 bridgehead atoms. The first-order valence-electron chi connectivity index (χ1n) is 6.86. The normalized spacial score (nSPS) is 15.4. The zero-order valence-electron chi connectivity index (χ0n) is 11.6. The highest BCUT2D eigenvalue weighted by molar-refractivity contribution is 5.92. The molecule has 6 nitrogen and oxygen atoms in total. The smallest absolute Gasteiger partial charge is 0.276 e. The van der Waals surface area contributed by atoms with Gasteiger partial charge in [-0.05, 0) is 19.1 Å². The van der Waals surface area contributed by atoms with Crippen LogP contribution >= 0.6 is 0 Å². The summed E-state index contributed by atoms with van der Waals surface area (Å²) in [5.41, 5.74) is 2.46. The van der Waals surface area contributed by atoms with E-state index in [1.807, 2.05) is 30.6 Å². The zero-order chi connectivity index (χ0) is 14.4. The van der Waals surface area contributed by atoms with Crippen LogP contribution in [0.25, 0.3) is 11.0 Å². The van der Waals surface area contributed by atoms with Gasteiger partial charge in [0.2, 0.25) is 0 Å². The van der Waals surface area contributed by atoms with E-state index < -0.39 is 0 Å². The number of fused-ring (bicyclic) bond motifs is 1. The van der Waals surface area contributed by atoms with E-state index in [0.717, 1.165) is 11.0 Å². The van der Waals surface area contributed by atoms with Crippen molar-refractivity contribution in [3.63, 3.8) is 0 Å². The van der Waals surface area contributed by atoms with E-state index in [4.69, 9.17) is 4.52 Å². The Bertz CT molecular complexity index is 814.